The maximum atomic E-state index is 5.49. The number of rotatable bonds is 6. The van der Waals surface area contributed by atoms with E-state index in [0.717, 1.165) is 44.9 Å². The molecule has 0 unspecified atom stereocenters. The van der Waals surface area contributed by atoms with Crippen LogP contribution in [-0.4, -0.2) is 21.5 Å². The summed E-state index contributed by atoms with van der Waals surface area (Å²) in [4.78, 5) is 8.64. The Hall–Kier alpha value is -1.14. The lowest BCUT2D eigenvalue weighted by molar-refractivity contribution is 0.431. The third-order valence-electron chi connectivity index (χ3n) is 2.79. The van der Waals surface area contributed by atoms with Crippen molar-refractivity contribution < 1.29 is 8.83 Å². The van der Waals surface area contributed by atoms with Crippen LogP contribution in [0.3, 0.4) is 0 Å². The van der Waals surface area contributed by atoms with E-state index in [4.69, 9.17) is 8.83 Å². The van der Waals surface area contributed by atoms with Crippen molar-refractivity contribution in [1.82, 2.24) is 9.97 Å². The molecule has 0 spiro atoms. The molecule has 6 heteroatoms. The zero-order chi connectivity index (χ0) is 14.5. The normalized spacial score (nSPS) is 11.6. The molecule has 4 nitrogen and oxygen atoms in total. The van der Waals surface area contributed by atoms with E-state index in [1.165, 1.54) is 0 Å². The molecular weight excluding hydrogens is 292 g/mol. The van der Waals surface area contributed by atoms with Crippen LogP contribution in [0.4, 0.5) is 0 Å². The van der Waals surface area contributed by atoms with E-state index < -0.39 is 0 Å². The monoisotopic (exact) mass is 310 g/mol. The summed E-state index contributed by atoms with van der Waals surface area (Å²) in [6, 6.07) is 0. The number of aryl methyl sites for hydroxylation is 4. The minimum Gasteiger partial charge on any atom is -0.437 e. The van der Waals surface area contributed by atoms with Crippen molar-refractivity contribution >= 4 is 23.5 Å². The molecule has 0 aliphatic carbocycles. The second-order valence-electron chi connectivity index (χ2n) is 4.34. The molecule has 0 aromatic carbocycles. The average molecular weight is 310 g/mol. The molecule has 0 amide bonds. The first-order chi connectivity index (χ1) is 9.56. The van der Waals surface area contributed by atoms with Crippen molar-refractivity contribution in [3.05, 3.63) is 35.1 Å². The molecule has 20 heavy (non-hydrogen) atoms. The Kier molecular flexibility index (Phi) is 5.37. The van der Waals surface area contributed by atoms with E-state index in [1.54, 1.807) is 23.5 Å². The second-order valence-corrected chi connectivity index (χ2v) is 6.28. The lowest BCUT2D eigenvalue weighted by Gasteiger charge is -1.91. The first kappa shape index (κ1) is 15.3. The smallest absolute Gasteiger partial charge is 0.256 e. The summed E-state index contributed by atoms with van der Waals surface area (Å²) in [5.74, 6) is 3.48. The van der Waals surface area contributed by atoms with Crippen LogP contribution in [0.25, 0.3) is 0 Å². The van der Waals surface area contributed by atoms with Crippen molar-refractivity contribution in [2.45, 2.75) is 38.1 Å². The molecule has 0 N–H and O–H groups in total. The van der Waals surface area contributed by atoms with Gasteiger partial charge in [0.2, 0.25) is 0 Å². The fourth-order valence-corrected chi connectivity index (χ4v) is 2.91. The SMILES string of the molecule is Cc1nc(SCC=CCSc2nc(C)c(C)o2)oc1C. The van der Waals surface area contributed by atoms with E-state index in [-0.39, 0.29) is 0 Å². The highest BCUT2D eigenvalue weighted by Gasteiger charge is 2.05. The van der Waals surface area contributed by atoms with Gasteiger partial charge in [0.1, 0.15) is 11.5 Å². The highest BCUT2D eigenvalue weighted by atomic mass is 32.2. The summed E-state index contributed by atoms with van der Waals surface area (Å²) in [5, 5.41) is 1.47. The van der Waals surface area contributed by atoms with Crippen LogP contribution in [0, 0.1) is 27.7 Å². The largest absolute Gasteiger partial charge is 0.437 e. The number of thioether (sulfide) groups is 2. The van der Waals surface area contributed by atoms with Gasteiger partial charge in [-0.3, -0.25) is 0 Å². The second kappa shape index (κ2) is 7.04. The number of hydrogen-bond donors (Lipinski definition) is 0. The van der Waals surface area contributed by atoms with E-state index in [1.807, 2.05) is 27.7 Å². The molecule has 2 rings (SSSR count). The molecule has 108 valence electrons. The van der Waals surface area contributed by atoms with Crippen molar-refractivity contribution in [3.8, 4) is 0 Å². The topological polar surface area (TPSA) is 52.1 Å². The maximum Gasteiger partial charge on any atom is 0.256 e. The summed E-state index contributed by atoms with van der Waals surface area (Å²) in [7, 11) is 0. The minimum absolute atomic E-state index is 0.733. The quantitative estimate of drug-likeness (QED) is 0.584. The molecule has 0 bridgehead atoms. The van der Waals surface area contributed by atoms with Gasteiger partial charge in [0.05, 0.1) is 11.4 Å². The Balaban J connectivity index is 1.69. The van der Waals surface area contributed by atoms with Crippen LogP contribution < -0.4 is 0 Å². The molecule has 0 fully saturated rings. The van der Waals surface area contributed by atoms with Gasteiger partial charge in [0.25, 0.3) is 10.4 Å². The van der Waals surface area contributed by atoms with Crippen LogP contribution in [-0.2, 0) is 0 Å². The first-order valence-corrected chi connectivity index (χ1v) is 8.32. The van der Waals surface area contributed by atoms with E-state index in [9.17, 15) is 0 Å². The lowest BCUT2D eigenvalue weighted by Crippen LogP contribution is -1.77. The Morgan fingerprint density at radius 2 is 1.20 bits per heavy atom. The molecule has 0 radical (unpaired) electrons. The molecule has 0 aliphatic heterocycles. The first-order valence-electron chi connectivity index (χ1n) is 6.35. The average Bonchev–Trinajstić information content (AvgIpc) is 2.88. The molecule has 0 saturated carbocycles. The molecule has 2 aromatic rings. The highest BCUT2D eigenvalue weighted by molar-refractivity contribution is 7.99. The zero-order valence-electron chi connectivity index (χ0n) is 12.1. The highest BCUT2D eigenvalue weighted by Crippen LogP contribution is 2.21. The van der Waals surface area contributed by atoms with Crippen LogP contribution in [0.1, 0.15) is 22.9 Å². The minimum atomic E-state index is 0.733. The van der Waals surface area contributed by atoms with Crippen molar-refractivity contribution in [3.63, 3.8) is 0 Å². The van der Waals surface area contributed by atoms with Gasteiger partial charge in [-0.05, 0) is 27.7 Å². The van der Waals surface area contributed by atoms with Gasteiger partial charge in [0.15, 0.2) is 0 Å². The molecular formula is C14H18N2O2S2. The summed E-state index contributed by atoms with van der Waals surface area (Å²) in [6.45, 7) is 7.77. The van der Waals surface area contributed by atoms with Gasteiger partial charge in [0, 0.05) is 11.5 Å². The number of hydrogen-bond acceptors (Lipinski definition) is 6. The molecule has 0 saturated heterocycles. The predicted molar refractivity (Wildman–Crippen MR) is 82.5 cm³/mol. The van der Waals surface area contributed by atoms with Gasteiger partial charge in [-0.2, -0.15) is 0 Å². The van der Waals surface area contributed by atoms with Gasteiger partial charge in [-0.25, -0.2) is 9.97 Å². The standard InChI is InChI=1S/C14H18N2O2S2/c1-9-11(3)17-13(15-9)19-7-5-6-8-20-14-16-10(2)12(4)18-14/h5-6H,7-8H2,1-4H3. The number of nitrogens with zero attached hydrogens (tertiary/aromatic N) is 2. The fourth-order valence-electron chi connectivity index (χ4n) is 1.38. The van der Waals surface area contributed by atoms with Crippen LogP contribution in [0.2, 0.25) is 0 Å². The maximum absolute atomic E-state index is 5.49. The molecule has 2 aromatic heterocycles. The molecule has 0 aliphatic rings. The van der Waals surface area contributed by atoms with E-state index in [2.05, 4.69) is 22.1 Å². The number of oxazole rings is 2. The van der Waals surface area contributed by atoms with Crippen LogP contribution in [0.15, 0.2) is 31.4 Å². The summed E-state index contributed by atoms with van der Waals surface area (Å²) < 4.78 is 11.0. The Morgan fingerprint density at radius 3 is 1.50 bits per heavy atom. The fraction of sp³-hybridized carbons (Fsp3) is 0.429. The Morgan fingerprint density at radius 1 is 0.800 bits per heavy atom. The van der Waals surface area contributed by atoms with Gasteiger partial charge >= 0.3 is 0 Å². The predicted octanol–water partition coefficient (Wildman–Crippen LogP) is 4.34. The number of aromatic nitrogens is 2. The van der Waals surface area contributed by atoms with Gasteiger partial charge in [-0.1, -0.05) is 35.7 Å². The van der Waals surface area contributed by atoms with Crippen molar-refractivity contribution in [1.29, 1.82) is 0 Å². The summed E-state index contributed by atoms with van der Waals surface area (Å²) in [6.07, 6.45) is 4.21. The summed E-state index contributed by atoms with van der Waals surface area (Å²) >= 11 is 3.19. The van der Waals surface area contributed by atoms with Gasteiger partial charge < -0.3 is 8.83 Å². The lowest BCUT2D eigenvalue weighted by atomic mass is 10.4. The third-order valence-corrected chi connectivity index (χ3v) is 4.35. The summed E-state index contributed by atoms with van der Waals surface area (Å²) in [5.41, 5.74) is 1.92. The van der Waals surface area contributed by atoms with Crippen molar-refractivity contribution in [2.75, 3.05) is 11.5 Å². The van der Waals surface area contributed by atoms with Crippen molar-refractivity contribution in [2.24, 2.45) is 0 Å². The Bertz CT molecular complexity index is 511. The van der Waals surface area contributed by atoms with Crippen LogP contribution in [0.5, 0.6) is 0 Å². The van der Waals surface area contributed by atoms with Gasteiger partial charge in [-0.15, -0.1) is 0 Å². The molecule has 2 heterocycles. The van der Waals surface area contributed by atoms with E-state index >= 15 is 0 Å². The zero-order valence-corrected chi connectivity index (χ0v) is 13.7. The third kappa shape index (κ3) is 4.18. The van der Waals surface area contributed by atoms with Crippen LogP contribution >= 0.6 is 23.5 Å². The van der Waals surface area contributed by atoms with E-state index in [0.29, 0.717) is 0 Å². The Labute approximate surface area is 127 Å². The molecule has 0 atom stereocenters.